The maximum absolute atomic E-state index is 5.43. The Hall–Kier alpha value is -0.120. The molecule has 0 aromatic carbocycles. The molecule has 0 bridgehead atoms. The lowest BCUT2D eigenvalue weighted by atomic mass is 9.76. The van der Waals surface area contributed by atoms with Crippen LogP contribution in [0.15, 0.2) is 0 Å². The molecule has 0 unspecified atom stereocenters. The van der Waals surface area contributed by atoms with Crippen molar-refractivity contribution in [2.45, 2.75) is 76.9 Å². The van der Waals surface area contributed by atoms with Crippen LogP contribution >= 0.6 is 0 Å². The molecule has 2 heterocycles. The Bertz CT molecular complexity index is 314. The lowest BCUT2D eigenvalue weighted by Gasteiger charge is -2.50. The van der Waals surface area contributed by atoms with Gasteiger partial charge in [-0.1, -0.05) is 0 Å². The second-order valence-electron chi connectivity index (χ2n) is 8.43. The molecule has 116 valence electrons. The third kappa shape index (κ3) is 3.37. The molecule has 3 fully saturated rings. The predicted molar refractivity (Wildman–Crippen MR) is 83.0 cm³/mol. The molecule has 1 spiro atoms. The molecule has 1 saturated carbocycles. The summed E-state index contributed by atoms with van der Waals surface area (Å²) >= 11 is 0. The van der Waals surface area contributed by atoms with Gasteiger partial charge in [-0.3, -0.25) is 0 Å². The maximum atomic E-state index is 5.43. The molecule has 3 heteroatoms. The summed E-state index contributed by atoms with van der Waals surface area (Å²) in [5.74, 6) is 0. The van der Waals surface area contributed by atoms with Crippen LogP contribution in [0, 0.1) is 5.41 Å². The van der Waals surface area contributed by atoms with Gasteiger partial charge in [-0.2, -0.15) is 0 Å². The topological polar surface area (TPSA) is 24.5 Å². The van der Waals surface area contributed by atoms with E-state index in [1.54, 1.807) is 0 Å². The Morgan fingerprint density at radius 2 is 1.60 bits per heavy atom. The highest BCUT2D eigenvalue weighted by Gasteiger charge is 2.42. The van der Waals surface area contributed by atoms with Crippen molar-refractivity contribution in [2.75, 3.05) is 26.3 Å². The number of rotatable bonds is 2. The summed E-state index contributed by atoms with van der Waals surface area (Å²) in [4.78, 5) is 2.77. The minimum atomic E-state index is 0.263. The van der Waals surface area contributed by atoms with Crippen molar-refractivity contribution in [3.8, 4) is 0 Å². The fourth-order valence-corrected chi connectivity index (χ4v) is 4.24. The first-order valence-electron chi connectivity index (χ1n) is 8.55. The van der Waals surface area contributed by atoms with E-state index < -0.39 is 0 Å². The first kappa shape index (κ1) is 14.8. The molecule has 3 aliphatic rings. The number of ether oxygens (including phenoxy) is 1. The Kier molecular flexibility index (Phi) is 4.13. The van der Waals surface area contributed by atoms with Crippen LogP contribution in [-0.2, 0) is 4.74 Å². The largest absolute Gasteiger partial charge is 0.380 e. The molecular weight excluding hydrogens is 248 g/mol. The van der Waals surface area contributed by atoms with Crippen molar-refractivity contribution in [1.29, 1.82) is 0 Å². The summed E-state index contributed by atoms with van der Waals surface area (Å²) < 4.78 is 5.43. The summed E-state index contributed by atoms with van der Waals surface area (Å²) in [5.41, 5.74) is 0.848. The normalized spacial score (nSPS) is 35.0. The molecule has 3 rings (SSSR count). The summed E-state index contributed by atoms with van der Waals surface area (Å²) in [5, 5.41) is 3.78. The van der Waals surface area contributed by atoms with E-state index in [4.69, 9.17) is 4.74 Å². The van der Waals surface area contributed by atoms with E-state index in [0.29, 0.717) is 5.41 Å². The Labute approximate surface area is 124 Å². The van der Waals surface area contributed by atoms with Crippen LogP contribution in [0.25, 0.3) is 0 Å². The quantitative estimate of drug-likeness (QED) is 0.842. The fraction of sp³-hybridized carbons (Fsp3) is 1.00. The molecule has 0 amide bonds. The van der Waals surface area contributed by atoms with Gasteiger partial charge in [0.05, 0.1) is 13.2 Å². The molecular formula is C17H32N2O. The summed E-state index contributed by atoms with van der Waals surface area (Å²) in [7, 11) is 0. The Morgan fingerprint density at radius 1 is 1.00 bits per heavy atom. The highest BCUT2D eigenvalue weighted by molar-refractivity contribution is 4.94. The van der Waals surface area contributed by atoms with Gasteiger partial charge in [0, 0.05) is 23.0 Å². The number of nitrogens with zero attached hydrogens (tertiary/aromatic N) is 1. The second kappa shape index (κ2) is 5.58. The fourth-order valence-electron chi connectivity index (χ4n) is 4.24. The summed E-state index contributed by atoms with van der Waals surface area (Å²) in [6, 6.07) is 1.59. The molecule has 1 aliphatic carbocycles. The van der Waals surface area contributed by atoms with Gasteiger partial charge in [-0.15, -0.1) is 0 Å². The molecule has 2 aliphatic heterocycles. The van der Waals surface area contributed by atoms with E-state index in [-0.39, 0.29) is 5.54 Å². The van der Waals surface area contributed by atoms with Gasteiger partial charge in [0.25, 0.3) is 0 Å². The number of hydrogen-bond donors (Lipinski definition) is 1. The number of likely N-dealkylation sites (tertiary alicyclic amines) is 1. The van der Waals surface area contributed by atoms with Crippen LogP contribution in [0.2, 0.25) is 0 Å². The highest BCUT2D eigenvalue weighted by atomic mass is 16.5. The average Bonchev–Trinajstić information content (AvgIpc) is 2.36. The molecule has 2 saturated heterocycles. The molecule has 1 N–H and O–H groups in total. The molecule has 0 aromatic rings. The van der Waals surface area contributed by atoms with Crippen molar-refractivity contribution < 1.29 is 4.74 Å². The van der Waals surface area contributed by atoms with Gasteiger partial charge in [-0.05, 0) is 72.4 Å². The van der Waals surface area contributed by atoms with Gasteiger partial charge in [0.2, 0.25) is 0 Å². The van der Waals surface area contributed by atoms with E-state index in [2.05, 4.69) is 31.0 Å². The lowest BCUT2D eigenvalue weighted by molar-refractivity contribution is -0.143. The van der Waals surface area contributed by atoms with Crippen molar-refractivity contribution in [3.63, 3.8) is 0 Å². The van der Waals surface area contributed by atoms with E-state index in [0.717, 1.165) is 25.3 Å². The third-order valence-corrected chi connectivity index (χ3v) is 5.53. The molecule has 20 heavy (non-hydrogen) atoms. The van der Waals surface area contributed by atoms with Gasteiger partial charge < -0.3 is 15.0 Å². The predicted octanol–water partition coefficient (Wildman–Crippen LogP) is 2.80. The monoisotopic (exact) mass is 280 g/mol. The van der Waals surface area contributed by atoms with Crippen molar-refractivity contribution in [3.05, 3.63) is 0 Å². The van der Waals surface area contributed by atoms with Gasteiger partial charge in [0.15, 0.2) is 0 Å². The second-order valence-corrected chi connectivity index (χ2v) is 8.43. The Morgan fingerprint density at radius 3 is 2.05 bits per heavy atom. The summed E-state index contributed by atoms with van der Waals surface area (Å²) in [6.45, 7) is 11.5. The minimum absolute atomic E-state index is 0.263. The van der Waals surface area contributed by atoms with Gasteiger partial charge >= 0.3 is 0 Å². The maximum Gasteiger partial charge on any atom is 0.0545 e. The average molecular weight is 280 g/mol. The number of nitrogens with one attached hydrogen (secondary N) is 1. The molecule has 0 aromatic heterocycles. The van der Waals surface area contributed by atoms with Crippen molar-refractivity contribution >= 4 is 0 Å². The van der Waals surface area contributed by atoms with Crippen LogP contribution in [0.1, 0.15) is 59.3 Å². The van der Waals surface area contributed by atoms with Crippen LogP contribution in [0.5, 0.6) is 0 Å². The van der Waals surface area contributed by atoms with E-state index >= 15 is 0 Å². The van der Waals surface area contributed by atoms with Gasteiger partial charge in [-0.25, -0.2) is 0 Å². The van der Waals surface area contributed by atoms with Crippen LogP contribution in [-0.4, -0.2) is 48.8 Å². The van der Waals surface area contributed by atoms with Gasteiger partial charge in [0.1, 0.15) is 0 Å². The minimum Gasteiger partial charge on any atom is -0.380 e. The van der Waals surface area contributed by atoms with Crippen LogP contribution in [0.3, 0.4) is 0 Å². The smallest absolute Gasteiger partial charge is 0.0545 e. The first-order valence-corrected chi connectivity index (χ1v) is 8.55. The summed E-state index contributed by atoms with van der Waals surface area (Å²) in [6.07, 6.45) is 8.22. The molecule has 0 radical (unpaired) electrons. The van der Waals surface area contributed by atoms with Crippen molar-refractivity contribution in [1.82, 2.24) is 10.2 Å². The van der Waals surface area contributed by atoms with Crippen LogP contribution < -0.4 is 5.32 Å². The molecule has 0 atom stereocenters. The first-order chi connectivity index (χ1) is 9.46. The Balaban J connectivity index is 1.42. The lowest BCUT2D eigenvalue weighted by Crippen LogP contribution is -2.54. The SMILES string of the molecule is CC(C)(C)NC1CCC(N2CCC3(CC2)COC3)CC1. The zero-order valence-corrected chi connectivity index (χ0v) is 13.6. The van der Waals surface area contributed by atoms with E-state index in [1.165, 1.54) is 51.6 Å². The third-order valence-electron chi connectivity index (χ3n) is 5.53. The number of piperidine rings is 1. The van der Waals surface area contributed by atoms with E-state index in [9.17, 15) is 0 Å². The highest BCUT2D eigenvalue weighted by Crippen LogP contribution is 2.40. The van der Waals surface area contributed by atoms with Crippen LogP contribution in [0.4, 0.5) is 0 Å². The number of hydrogen-bond acceptors (Lipinski definition) is 3. The van der Waals surface area contributed by atoms with E-state index in [1.807, 2.05) is 0 Å². The zero-order valence-electron chi connectivity index (χ0n) is 13.6. The molecule has 3 nitrogen and oxygen atoms in total. The standard InChI is InChI=1S/C17H32N2O/c1-16(2,3)18-14-4-6-15(7-5-14)19-10-8-17(9-11-19)12-20-13-17/h14-15,18H,4-13H2,1-3H3. The zero-order chi connectivity index (χ0) is 14.2. The van der Waals surface area contributed by atoms with Crippen molar-refractivity contribution in [2.24, 2.45) is 5.41 Å².